The molecule has 1 aliphatic heterocycles. The van der Waals surface area contributed by atoms with Crippen molar-refractivity contribution >= 4 is 11.6 Å². The van der Waals surface area contributed by atoms with Crippen LogP contribution >= 0.6 is 0 Å². The molecule has 1 amide bonds. The van der Waals surface area contributed by atoms with Crippen molar-refractivity contribution in [2.24, 2.45) is 5.73 Å². The number of carbonyl (C=O) groups excluding carboxylic acids is 1. The summed E-state index contributed by atoms with van der Waals surface area (Å²) in [6.07, 6.45) is 1.94. The molecule has 4 heteroatoms. The number of piperidine rings is 1. The number of carbonyl (C=O) groups is 1. The van der Waals surface area contributed by atoms with Crippen LogP contribution in [0.25, 0.3) is 0 Å². The van der Waals surface area contributed by atoms with E-state index in [4.69, 9.17) is 5.73 Å². The van der Waals surface area contributed by atoms with E-state index in [1.165, 1.54) is 0 Å². The summed E-state index contributed by atoms with van der Waals surface area (Å²) >= 11 is 0. The third-order valence-electron chi connectivity index (χ3n) is 4.07. The van der Waals surface area contributed by atoms with Gasteiger partial charge in [-0.25, -0.2) is 0 Å². The maximum Gasteiger partial charge on any atom is 0.238 e. The van der Waals surface area contributed by atoms with Crippen molar-refractivity contribution in [1.82, 2.24) is 4.90 Å². The van der Waals surface area contributed by atoms with Crippen molar-refractivity contribution in [1.29, 1.82) is 0 Å². The van der Waals surface area contributed by atoms with E-state index in [1.54, 1.807) is 0 Å². The quantitative estimate of drug-likeness (QED) is 0.887. The van der Waals surface area contributed by atoms with Gasteiger partial charge in [0.15, 0.2) is 0 Å². The number of hydrogen-bond donors (Lipinski definition) is 2. The van der Waals surface area contributed by atoms with E-state index in [2.05, 4.69) is 23.2 Å². The van der Waals surface area contributed by atoms with E-state index in [0.717, 1.165) is 36.2 Å². The van der Waals surface area contributed by atoms with E-state index in [0.29, 0.717) is 12.6 Å². The minimum absolute atomic E-state index is 0.0565. The minimum atomic E-state index is 0.0565. The van der Waals surface area contributed by atoms with Gasteiger partial charge in [-0.2, -0.15) is 0 Å². The Morgan fingerprint density at radius 1 is 1.45 bits per heavy atom. The highest BCUT2D eigenvalue weighted by molar-refractivity contribution is 5.93. The predicted octanol–water partition coefficient (Wildman–Crippen LogP) is 2.05. The van der Waals surface area contributed by atoms with Gasteiger partial charge in [0.05, 0.1) is 6.54 Å². The zero-order valence-electron chi connectivity index (χ0n) is 12.6. The fourth-order valence-corrected chi connectivity index (χ4v) is 2.74. The van der Waals surface area contributed by atoms with Gasteiger partial charge in [-0.3, -0.25) is 9.69 Å². The van der Waals surface area contributed by atoms with E-state index < -0.39 is 0 Å². The summed E-state index contributed by atoms with van der Waals surface area (Å²) in [6, 6.07) is 6.77. The Labute approximate surface area is 121 Å². The zero-order chi connectivity index (χ0) is 14.7. The average Bonchev–Trinajstić information content (AvgIpc) is 2.37. The standard InChI is InChI=1S/C16H25N3O/c1-11-4-5-12(2)15(8-11)18-16(20)10-19-7-6-14(17)9-13(19)3/h4-5,8,13-14H,6-7,9-10,17H2,1-3H3,(H,18,20). The number of nitrogens with one attached hydrogen (secondary N) is 1. The predicted molar refractivity (Wildman–Crippen MR) is 82.8 cm³/mol. The minimum Gasteiger partial charge on any atom is -0.328 e. The molecule has 1 heterocycles. The molecule has 0 spiro atoms. The molecule has 4 nitrogen and oxygen atoms in total. The maximum absolute atomic E-state index is 12.2. The van der Waals surface area contributed by atoms with Crippen LogP contribution in [0.15, 0.2) is 18.2 Å². The molecule has 110 valence electrons. The van der Waals surface area contributed by atoms with Crippen molar-refractivity contribution in [3.8, 4) is 0 Å². The average molecular weight is 275 g/mol. The van der Waals surface area contributed by atoms with Crippen LogP contribution in [0.5, 0.6) is 0 Å². The number of benzene rings is 1. The summed E-state index contributed by atoms with van der Waals surface area (Å²) in [5.41, 5.74) is 9.12. The first kappa shape index (κ1) is 15.0. The Morgan fingerprint density at radius 2 is 2.20 bits per heavy atom. The van der Waals surface area contributed by atoms with Crippen LogP contribution in [0.1, 0.15) is 30.9 Å². The number of rotatable bonds is 3. The summed E-state index contributed by atoms with van der Waals surface area (Å²) < 4.78 is 0. The topological polar surface area (TPSA) is 58.4 Å². The van der Waals surface area contributed by atoms with Crippen LogP contribution < -0.4 is 11.1 Å². The molecule has 2 rings (SSSR count). The van der Waals surface area contributed by atoms with Crippen molar-refractivity contribution in [3.05, 3.63) is 29.3 Å². The van der Waals surface area contributed by atoms with E-state index in [-0.39, 0.29) is 11.9 Å². The molecule has 0 bridgehead atoms. The molecule has 1 aliphatic rings. The number of nitrogens with two attached hydrogens (primary N) is 1. The Kier molecular flexibility index (Phi) is 4.78. The molecule has 1 aromatic rings. The molecular weight excluding hydrogens is 250 g/mol. The Hall–Kier alpha value is -1.39. The van der Waals surface area contributed by atoms with E-state index in [1.807, 2.05) is 26.0 Å². The van der Waals surface area contributed by atoms with Gasteiger partial charge in [0.25, 0.3) is 0 Å². The van der Waals surface area contributed by atoms with E-state index >= 15 is 0 Å². The van der Waals surface area contributed by atoms with Crippen molar-refractivity contribution in [2.75, 3.05) is 18.4 Å². The smallest absolute Gasteiger partial charge is 0.238 e. The monoisotopic (exact) mass is 275 g/mol. The molecule has 2 atom stereocenters. The van der Waals surface area contributed by atoms with Gasteiger partial charge in [0.2, 0.25) is 5.91 Å². The molecule has 1 saturated heterocycles. The number of aryl methyl sites for hydroxylation is 2. The van der Waals surface area contributed by atoms with Crippen molar-refractivity contribution in [3.63, 3.8) is 0 Å². The lowest BCUT2D eigenvalue weighted by Gasteiger charge is -2.35. The van der Waals surface area contributed by atoms with Crippen LogP contribution in [-0.4, -0.2) is 36.0 Å². The van der Waals surface area contributed by atoms with Crippen LogP contribution in [-0.2, 0) is 4.79 Å². The Balaban J connectivity index is 1.94. The lowest BCUT2D eigenvalue weighted by Crippen LogP contribution is -2.48. The first-order chi connectivity index (χ1) is 9.45. The number of anilines is 1. The molecular formula is C16H25N3O. The largest absolute Gasteiger partial charge is 0.328 e. The fraction of sp³-hybridized carbons (Fsp3) is 0.562. The molecule has 0 aliphatic carbocycles. The maximum atomic E-state index is 12.2. The van der Waals surface area contributed by atoms with Crippen molar-refractivity contribution < 1.29 is 4.79 Å². The summed E-state index contributed by atoms with van der Waals surface area (Å²) in [7, 11) is 0. The SMILES string of the molecule is Cc1ccc(C)c(NC(=O)CN2CCC(N)CC2C)c1. The van der Waals surface area contributed by atoms with Crippen LogP contribution in [0.3, 0.4) is 0 Å². The lowest BCUT2D eigenvalue weighted by atomic mass is 9.99. The van der Waals surface area contributed by atoms with E-state index in [9.17, 15) is 4.79 Å². The van der Waals surface area contributed by atoms with Gasteiger partial charge in [-0.1, -0.05) is 12.1 Å². The molecule has 2 unspecified atom stereocenters. The molecule has 1 aromatic carbocycles. The number of nitrogens with zero attached hydrogens (tertiary/aromatic N) is 1. The summed E-state index contributed by atoms with van der Waals surface area (Å²) in [5.74, 6) is 0.0565. The normalized spacial score (nSPS) is 23.6. The van der Waals surface area contributed by atoms with Gasteiger partial charge in [0.1, 0.15) is 0 Å². The number of hydrogen-bond acceptors (Lipinski definition) is 3. The van der Waals surface area contributed by atoms with Gasteiger partial charge >= 0.3 is 0 Å². The fourth-order valence-electron chi connectivity index (χ4n) is 2.74. The molecule has 20 heavy (non-hydrogen) atoms. The highest BCUT2D eigenvalue weighted by Crippen LogP contribution is 2.18. The van der Waals surface area contributed by atoms with Gasteiger partial charge < -0.3 is 11.1 Å². The third-order valence-corrected chi connectivity index (χ3v) is 4.07. The molecule has 0 radical (unpaired) electrons. The third kappa shape index (κ3) is 3.81. The molecule has 3 N–H and O–H groups in total. The van der Waals surface area contributed by atoms with Gasteiger partial charge in [0, 0.05) is 24.3 Å². The zero-order valence-corrected chi connectivity index (χ0v) is 12.6. The highest BCUT2D eigenvalue weighted by atomic mass is 16.2. The highest BCUT2D eigenvalue weighted by Gasteiger charge is 2.24. The Bertz CT molecular complexity index is 487. The summed E-state index contributed by atoms with van der Waals surface area (Å²) in [4.78, 5) is 14.4. The Morgan fingerprint density at radius 3 is 2.90 bits per heavy atom. The molecule has 0 aromatic heterocycles. The first-order valence-corrected chi connectivity index (χ1v) is 7.32. The number of amides is 1. The van der Waals surface area contributed by atoms with Crippen LogP contribution in [0, 0.1) is 13.8 Å². The van der Waals surface area contributed by atoms with Gasteiger partial charge in [-0.15, -0.1) is 0 Å². The second-order valence-electron chi connectivity index (χ2n) is 5.97. The molecule has 1 fully saturated rings. The first-order valence-electron chi connectivity index (χ1n) is 7.32. The summed E-state index contributed by atoms with van der Waals surface area (Å²) in [5, 5.41) is 3.02. The van der Waals surface area contributed by atoms with Crippen molar-refractivity contribution in [2.45, 2.75) is 45.7 Å². The second kappa shape index (κ2) is 6.37. The molecule has 0 saturated carbocycles. The second-order valence-corrected chi connectivity index (χ2v) is 5.97. The summed E-state index contributed by atoms with van der Waals surface area (Å²) in [6.45, 7) is 7.54. The number of likely N-dealkylation sites (tertiary alicyclic amines) is 1. The van der Waals surface area contributed by atoms with Gasteiger partial charge in [-0.05, 0) is 50.8 Å². The van der Waals surface area contributed by atoms with Crippen LogP contribution in [0.4, 0.5) is 5.69 Å². The van der Waals surface area contributed by atoms with Crippen LogP contribution in [0.2, 0.25) is 0 Å². The lowest BCUT2D eigenvalue weighted by molar-refractivity contribution is -0.118.